The molecule has 26 heavy (non-hydrogen) atoms. The van der Waals surface area contributed by atoms with Crippen molar-refractivity contribution in [2.75, 3.05) is 18.6 Å². The molecule has 0 atom stereocenters. The molecule has 0 fully saturated rings. The van der Waals surface area contributed by atoms with Crippen LogP contribution in [0.2, 0.25) is 5.15 Å². The molecule has 132 valence electrons. The number of carboxylic acid groups (broad SMARTS) is 1. The lowest BCUT2D eigenvalue weighted by atomic mass is 10.2. The summed E-state index contributed by atoms with van der Waals surface area (Å²) in [5.74, 6) is 0.820. The Bertz CT molecular complexity index is 1010. The molecule has 1 N–H and O–H groups in total. The molecule has 0 aliphatic carbocycles. The number of hydrogen-bond donors (Lipinski definition) is 1. The predicted octanol–water partition coefficient (Wildman–Crippen LogP) is 3.15. The standard InChI is InChI=1S/C17H14ClN5O3/c1-26-14-4-2-3-13-12(14)7-11(9-19)22(13)5-6-23(17(24)25)16-8-15(18)20-10-21-16/h2-4,7-8,10H,5-6H2,1H3,(H,24,25). The zero-order valence-corrected chi connectivity index (χ0v) is 14.5. The molecule has 0 saturated carbocycles. The number of amides is 1. The van der Waals surface area contributed by atoms with Gasteiger partial charge in [-0.2, -0.15) is 5.26 Å². The van der Waals surface area contributed by atoms with Crippen molar-refractivity contribution in [1.29, 1.82) is 5.26 Å². The minimum absolute atomic E-state index is 0.0817. The molecule has 9 heteroatoms. The van der Waals surface area contributed by atoms with Gasteiger partial charge >= 0.3 is 6.09 Å². The van der Waals surface area contributed by atoms with Gasteiger partial charge in [-0.1, -0.05) is 17.7 Å². The number of hydrogen-bond acceptors (Lipinski definition) is 5. The van der Waals surface area contributed by atoms with Gasteiger partial charge in [-0.25, -0.2) is 14.8 Å². The lowest BCUT2D eigenvalue weighted by Gasteiger charge is -2.19. The minimum Gasteiger partial charge on any atom is -0.496 e. The normalized spacial score (nSPS) is 10.5. The fraction of sp³-hybridized carbons (Fsp3) is 0.176. The van der Waals surface area contributed by atoms with Gasteiger partial charge in [0.25, 0.3) is 0 Å². The zero-order valence-electron chi connectivity index (χ0n) is 13.8. The van der Waals surface area contributed by atoms with E-state index in [-0.39, 0.29) is 24.1 Å². The van der Waals surface area contributed by atoms with Crippen molar-refractivity contribution in [2.24, 2.45) is 0 Å². The van der Waals surface area contributed by atoms with Crippen LogP contribution in [0, 0.1) is 11.3 Å². The topological polar surface area (TPSA) is 104 Å². The molecule has 0 saturated heterocycles. The van der Waals surface area contributed by atoms with E-state index in [0.717, 1.165) is 15.8 Å². The lowest BCUT2D eigenvalue weighted by molar-refractivity contribution is 0.201. The van der Waals surface area contributed by atoms with Crippen molar-refractivity contribution in [3.63, 3.8) is 0 Å². The molecule has 0 unspecified atom stereocenters. The Morgan fingerprint density at radius 1 is 1.42 bits per heavy atom. The van der Waals surface area contributed by atoms with Crippen LogP contribution in [0.4, 0.5) is 10.6 Å². The van der Waals surface area contributed by atoms with Gasteiger partial charge in [0.05, 0.1) is 12.6 Å². The maximum atomic E-state index is 11.6. The summed E-state index contributed by atoms with van der Waals surface area (Å²) in [6.45, 7) is 0.339. The Labute approximate surface area is 153 Å². The first-order valence-electron chi connectivity index (χ1n) is 7.59. The van der Waals surface area contributed by atoms with Crippen LogP contribution in [0.25, 0.3) is 10.9 Å². The van der Waals surface area contributed by atoms with E-state index >= 15 is 0 Å². The van der Waals surface area contributed by atoms with E-state index in [1.807, 2.05) is 12.1 Å². The van der Waals surface area contributed by atoms with E-state index in [9.17, 15) is 15.2 Å². The molecule has 0 aliphatic heterocycles. The molecule has 3 rings (SSSR count). The van der Waals surface area contributed by atoms with Gasteiger partial charge in [0.1, 0.15) is 34.8 Å². The lowest BCUT2D eigenvalue weighted by Crippen LogP contribution is -2.33. The first kappa shape index (κ1) is 17.5. The minimum atomic E-state index is -1.17. The van der Waals surface area contributed by atoms with Crippen molar-refractivity contribution < 1.29 is 14.6 Å². The number of nitriles is 1. The van der Waals surface area contributed by atoms with Crippen LogP contribution in [0.1, 0.15) is 5.69 Å². The molecule has 8 nitrogen and oxygen atoms in total. The van der Waals surface area contributed by atoms with Gasteiger partial charge in [0.15, 0.2) is 0 Å². The number of methoxy groups -OCH3 is 1. The van der Waals surface area contributed by atoms with Crippen LogP contribution in [-0.2, 0) is 6.54 Å². The van der Waals surface area contributed by atoms with E-state index in [0.29, 0.717) is 11.4 Å². The Balaban J connectivity index is 1.95. The van der Waals surface area contributed by atoms with Gasteiger partial charge < -0.3 is 14.4 Å². The summed E-state index contributed by atoms with van der Waals surface area (Å²) in [5, 5.41) is 19.9. The Hall–Kier alpha value is -3.31. The summed E-state index contributed by atoms with van der Waals surface area (Å²) in [4.78, 5) is 20.4. The summed E-state index contributed by atoms with van der Waals surface area (Å²) in [7, 11) is 1.56. The molecule has 3 aromatic rings. The monoisotopic (exact) mass is 371 g/mol. The van der Waals surface area contributed by atoms with E-state index in [1.165, 1.54) is 12.4 Å². The number of halogens is 1. The average Bonchev–Trinajstić information content (AvgIpc) is 2.99. The van der Waals surface area contributed by atoms with Crippen LogP contribution in [-0.4, -0.2) is 39.4 Å². The molecule has 1 aromatic carbocycles. The maximum Gasteiger partial charge on any atom is 0.413 e. The van der Waals surface area contributed by atoms with Crippen LogP contribution in [0.5, 0.6) is 5.75 Å². The smallest absolute Gasteiger partial charge is 0.413 e. The van der Waals surface area contributed by atoms with E-state index < -0.39 is 6.09 Å². The zero-order chi connectivity index (χ0) is 18.7. The van der Waals surface area contributed by atoms with Gasteiger partial charge in [0, 0.05) is 24.5 Å². The van der Waals surface area contributed by atoms with Crippen LogP contribution in [0.3, 0.4) is 0 Å². The molecular weight excluding hydrogens is 358 g/mol. The van der Waals surface area contributed by atoms with E-state index in [2.05, 4.69) is 16.0 Å². The highest BCUT2D eigenvalue weighted by atomic mass is 35.5. The average molecular weight is 372 g/mol. The second-order valence-corrected chi connectivity index (χ2v) is 5.71. The first-order chi connectivity index (χ1) is 12.5. The van der Waals surface area contributed by atoms with E-state index in [4.69, 9.17) is 16.3 Å². The van der Waals surface area contributed by atoms with Crippen LogP contribution < -0.4 is 9.64 Å². The largest absolute Gasteiger partial charge is 0.496 e. The number of ether oxygens (including phenoxy) is 1. The second-order valence-electron chi connectivity index (χ2n) is 5.32. The van der Waals surface area contributed by atoms with Gasteiger partial charge in [-0.3, -0.25) is 4.90 Å². The number of aromatic nitrogens is 3. The van der Waals surface area contributed by atoms with Crippen molar-refractivity contribution >= 4 is 34.4 Å². The summed E-state index contributed by atoms with van der Waals surface area (Å²) >= 11 is 5.82. The van der Waals surface area contributed by atoms with Crippen molar-refractivity contribution in [3.8, 4) is 11.8 Å². The SMILES string of the molecule is COc1cccc2c1cc(C#N)n2CCN(C(=O)O)c1cc(Cl)ncn1. The molecule has 0 radical (unpaired) electrons. The molecule has 0 spiro atoms. The number of nitrogens with zero attached hydrogens (tertiary/aromatic N) is 5. The highest BCUT2D eigenvalue weighted by Gasteiger charge is 2.18. The highest BCUT2D eigenvalue weighted by molar-refractivity contribution is 6.29. The molecular formula is C17H14ClN5O3. The second kappa shape index (κ2) is 7.29. The predicted molar refractivity (Wildman–Crippen MR) is 95.6 cm³/mol. The summed E-state index contributed by atoms with van der Waals surface area (Å²) < 4.78 is 7.07. The number of carbonyl (C=O) groups is 1. The number of fused-ring (bicyclic) bond motifs is 1. The van der Waals surface area contributed by atoms with Gasteiger partial charge in [0.2, 0.25) is 0 Å². The quantitative estimate of drug-likeness (QED) is 0.691. The first-order valence-corrected chi connectivity index (χ1v) is 7.97. The highest BCUT2D eigenvalue weighted by Crippen LogP contribution is 2.28. The molecule has 2 heterocycles. The van der Waals surface area contributed by atoms with Crippen molar-refractivity contribution in [1.82, 2.24) is 14.5 Å². The summed E-state index contributed by atoms with van der Waals surface area (Å²) in [5.41, 5.74) is 1.20. The van der Waals surface area contributed by atoms with Crippen LogP contribution >= 0.6 is 11.6 Å². The van der Waals surface area contributed by atoms with Crippen molar-refractivity contribution in [3.05, 3.63) is 47.5 Å². The summed E-state index contributed by atoms with van der Waals surface area (Å²) in [6, 6.07) is 10.7. The third-order valence-electron chi connectivity index (χ3n) is 3.91. The number of anilines is 1. The third-order valence-corrected chi connectivity index (χ3v) is 4.12. The van der Waals surface area contributed by atoms with Gasteiger partial charge in [-0.05, 0) is 18.2 Å². The molecule has 0 bridgehead atoms. The Kier molecular flexibility index (Phi) is 4.91. The Morgan fingerprint density at radius 2 is 2.23 bits per heavy atom. The number of rotatable bonds is 5. The van der Waals surface area contributed by atoms with E-state index in [1.54, 1.807) is 23.8 Å². The third kappa shape index (κ3) is 3.25. The molecule has 1 amide bonds. The number of benzene rings is 1. The fourth-order valence-corrected chi connectivity index (χ4v) is 2.89. The Morgan fingerprint density at radius 3 is 2.88 bits per heavy atom. The maximum absolute atomic E-state index is 11.6. The van der Waals surface area contributed by atoms with Crippen molar-refractivity contribution in [2.45, 2.75) is 6.54 Å². The molecule has 2 aromatic heterocycles. The summed E-state index contributed by atoms with van der Waals surface area (Å²) in [6.07, 6.45) is 0.0249. The van der Waals surface area contributed by atoms with Gasteiger partial charge in [-0.15, -0.1) is 0 Å². The molecule has 0 aliphatic rings. The fourth-order valence-electron chi connectivity index (χ4n) is 2.75. The van der Waals surface area contributed by atoms with Crippen LogP contribution in [0.15, 0.2) is 36.7 Å².